The lowest BCUT2D eigenvalue weighted by Crippen LogP contribution is -2.43. The quantitative estimate of drug-likeness (QED) is 0.543. The molecule has 86 valence electrons. The zero-order valence-electron chi connectivity index (χ0n) is 8.79. The fourth-order valence-electron chi connectivity index (χ4n) is 1.32. The Balaban J connectivity index is 2.31. The van der Waals surface area contributed by atoms with Crippen LogP contribution in [0, 0.1) is 5.92 Å². The zero-order chi connectivity index (χ0) is 11.3. The van der Waals surface area contributed by atoms with Crippen LogP contribution in [0.1, 0.15) is 19.8 Å². The average molecular weight is 215 g/mol. The minimum Gasteiger partial charge on any atom is -0.342 e. The predicted molar refractivity (Wildman–Crippen MR) is 53.5 cm³/mol. The van der Waals surface area contributed by atoms with Crippen molar-refractivity contribution in [2.75, 3.05) is 13.2 Å². The molecule has 1 fully saturated rings. The number of hydrogen-bond acceptors (Lipinski definition) is 4. The first-order chi connectivity index (χ1) is 7.15. The van der Waals surface area contributed by atoms with Gasteiger partial charge in [0.05, 0.1) is 0 Å². The number of rotatable bonds is 5. The van der Waals surface area contributed by atoms with E-state index in [9.17, 15) is 9.59 Å². The number of nitrogens with two attached hydrogens (primary N) is 1. The molecule has 4 N–H and O–H groups in total. The van der Waals surface area contributed by atoms with E-state index >= 15 is 0 Å². The topological polar surface area (TPSA) is 93.5 Å². The highest BCUT2D eigenvalue weighted by Gasteiger charge is 2.28. The second kappa shape index (κ2) is 5.67. The van der Waals surface area contributed by atoms with Crippen LogP contribution in [0.25, 0.3) is 0 Å². The summed E-state index contributed by atoms with van der Waals surface area (Å²) in [7, 11) is 0. The molecule has 0 radical (unpaired) electrons. The first-order valence-corrected chi connectivity index (χ1v) is 5.07. The number of carbonyl (C=O) groups is 2. The molecule has 6 nitrogen and oxygen atoms in total. The van der Waals surface area contributed by atoms with Crippen LogP contribution in [0.3, 0.4) is 0 Å². The van der Waals surface area contributed by atoms with Crippen molar-refractivity contribution in [3.8, 4) is 0 Å². The summed E-state index contributed by atoms with van der Waals surface area (Å²) >= 11 is 0. The SMILES string of the molecule is CC(CCCN)C(=O)N[C@@H]1CONC1=O. The minimum absolute atomic E-state index is 0.123. The molecule has 1 unspecified atom stereocenters. The molecule has 0 spiro atoms. The van der Waals surface area contributed by atoms with Crippen molar-refractivity contribution in [3.05, 3.63) is 0 Å². The van der Waals surface area contributed by atoms with E-state index in [-0.39, 0.29) is 24.3 Å². The second-order valence-electron chi connectivity index (χ2n) is 3.67. The van der Waals surface area contributed by atoms with Gasteiger partial charge in [0.25, 0.3) is 5.91 Å². The smallest absolute Gasteiger partial charge is 0.268 e. The highest BCUT2D eigenvalue weighted by Crippen LogP contribution is 2.06. The van der Waals surface area contributed by atoms with Gasteiger partial charge in [-0.25, -0.2) is 5.48 Å². The van der Waals surface area contributed by atoms with E-state index in [0.717, 1.165) is 12.8 Å². The average Bonchev–Trinajstić information content (AvgIpc) is 2.61. The van der Waals surface area contributed by atoms with E-state index in [4.69, 9.17) is 10.6 Å². The van der Waals surface area contributed by atoms with Gasteiger partial charge < -0.3 is 11.1 Å². The third-order valence-corrected chi connectivity index (χ3v) is 2.34. The minimum atomic E-state index is -0.558. The molecule has 0 aromatic rings. The second-order valence-corrected chi connectivity index (χ2v) is 3.67. The van der Waals surface area contributed by atoms with Gasteiger partial charge in [-0.1, -0.05) is 6.92 Å². The lowest BCUT2D eigenvalue weighted by atomic mass is 10.0. The Labute approximate surface area is 88.5 Å². The summed E-state index contributed by atoms with van der Waals surface area (Å²) in [6.07, 6.45) is 1.54. The first-order valence-electron chi connectivity index (χ1n) is 5.07. The van der Waals surface area contributed by atoms with E-state index in [1.807, 2.05) is 6.92 Å². The molecule has 0 saturated carbocycles. The van der Waals surface area contributed by atoms with E-state index in [0.29, 0.717) is 6.54 Å². The molecular weight excluding hydrogens is 198 g/mol. The van der Waals surface area contributed by atoms with Crippen LogP contribution in [-0.4, -0.2) is 31.0 Å². The van der Waals surface area contributed by atoms with Crippen LogP contribution >= 0.6 is 0 Å². The maximum atomic E-state index is 11.6. The van der Waals surface area contributed by atoms with Crippen LogP contribution in [0.15, 0.2) is 0 Å². The summed E-state index contributed by atoms with van der Waals surface area (Å²) in [5, 5.41) is 2.62. The third kappa shape index (κ3) is 3.49. The Hall–Kier alpha value is -1.14. The number of carbonyl (C=O) groups excluding carboxylic acids is 2. The molecule has 0 aromatic carbocycles. The Morgan fingerprint density at radius 2 is 2.53 bits per heavy atom. The van der Waals surface area contributed by atoms with Gasteiger partial charge in [-0.05, 0) is 19.4 Å². The van der Waals surface area contributed by atoms with Crippen molar-refractivity contribution in [3.63, 3.8) is 0 Å². The lowest BCUT2D eigenvalue weighted by Gasteiger charge is -2.13. The summed E-state index contributed by atoms with van der Waals surface area (Å²) in [6, 6.07) is -0.558. The highest BCUT2D eigenvalue weighted by molar-refractivity contribution is 5.88. The standard InChI is InChI=1S/C9H17N3O3/c1-6(3-2-4-10)8(13)11-7-5-15-12-9(7)14/h6-7H,2-5,10H2,1H3,(H,11,13)(H,12,14)/t6?,7-/m1/s1. The van der Waals surface area contributed by atoms with Crippen molar-refractivity contribution in [1.29, 1.82) is 0 Å². The molecule has 2 amide bonds. The third-order valence-electron chi connectivity index (χ3n) is 2.34. The van der Waals surface area contributed by atoms with E-state index in [1.165, 1.54) is 0 Å². The summed E-state index contributed by atoms with van der Waals surface area (Å²) < 4.78 is 0. The van der Waals surface area contributed by atoms with Gasteiger partial charge in [-0.15, -0.1) is 0 Å². The van der Waals surface area contributed by atoms with E-state index < -0.39 is 6.04 Å². The molecule has 1 aliphatic heterocycles. The molecule has 1 aliphatic rings. The van der Waals surface area contributed by atoms with Gasteiger partial charge >= 0.3 is 0 Å². The molecule has 1 heterocycles. The lowest BCUT2D eigenvalue weighted by molar-refractivity contribution is -0.130. The maximum Gasteiger partial charge on any atom is 0.268 e. The largest absolute Gasteiger partial charge is 0.342 e. The zero-order valence-corrected chi connectivity index (χ0v) is 8.79. The molecule has 6 heteroatoms. The van der Waals surface area contributed by atoms with Gasteiger partial charge in [0.15, 0.2) is 0 Å². The first kappa shape index (κ1) is 11.9. The molecular formula is C9H17N3O3. The highest BCUT2D eigenvalue weighted by atomic mass is 16.7. The summed E-state index contributed by atoms with van der Waals surface area (Å²) in [4.78, 5) is 27.3. The maximum absolute atomic E-state index is 11.6. The van der Waals surface area contributed by atoms with Gasteiger partial charge in [0.2, 0.25) is 5.91 Å². The van der Waals surface area contributed by atoms with Gasteiger partial charge in [0.1, 0.15) is 12.6 Å². The van der Waals surface area contributed by atoms with Crippen LogP contribution in [0.4, 0.5) is 0 Å². The van der Waals surface area contributed by atoms with Crippen LogP contribution < -0.4 is 16.5 Å². The monoisotopic (exact) mass is 215 g/mol. The number of nitrogens with one attached hydrogen (secondary N) is 2. The van der Waals surface area contributed by atoms with Gasteiger partial charge in [-0.2, -0.15) is 0 Å². The Kier molecular flexibility index (Phi) is 4.51. The van der Waals surface area contributed by atoms with Crippen molar-refractivity contribution in [1.82, 2.24) is 10.8 Å². The number of hydrogen-bond donors (Lipinski definition) is 3. The van der Waals surface area contributed by atoms with Crippen molar-refractivity contribution in [2.45, 2.75) is 25.8 Å². The number of amides is 2. The predicted octanol–water partition coefficient (Wildman–Crippen LogP) is -1.09. The van der Waals surface area contributed by atoms with Crippen LogP contribution in [0.5, 0.6) is 0 Å². The molecule has 15 heavy (non-hydrogen) atoms. The molecule has 1 rings (SSSR count). The number of hydroxylamine groups is 1. The normalized spacial score (nSPS) is 22.3. The van der Waals surface area contributed by atoms with E-state index in [2.05, 4.69) is 10.8 Å². The molecule has 0 aliphatic carbocycles. The Morgan fingerprint density at radius 3 is 3.07 bits per heavy atom. The fourth-order valence-corrected chi connectivity index (χ4v) is 1.32. The molecule has 0 bridgehead atoms. The Morgan fingerprint density at radius 1 is 1.80 bits per heavy atom. The van der Waals surface area contributed by atoms with E-state index in [1.54, 1.807) is 0 Å². The molecule has 2 atom stereocenters. The fraction of sp³-hybridized carbons (Fsp3) is 0.778. The van der Waals surface area contributed by atoms with Crippen molar-refractivity contribution in [2.24, 2.45) is 11.7 Å². The Bertz CT molecular complexity index is 245. The molecule has 1 saturated heterocycles. The van der Waals surface area contributed by atoms with Gasteiger partial charge in [0, 0.05) is 5.92 Å². The summed E-state index contributed by atoms with van der Waals surface area (Å²) in [6.45, 7) is 2.58. The van der Waals surface area contributed by atoms with Crippen LogP contribution in [0.2, 0.25) is 0 Å². The summed E-state index contributed by atoms with van der Waals surface area (Å²) in [5.74, 6) is -0.551. The molecule has 0 aromatic heterocycles. The van der Waals surface area contributed by atoms with Crippen molar-refractivity contribution >= 4 is 11.8 Å². The van der Waals surface area contributed by atoms with Crippen LogP contribution in [-0.2, 0) is 14.4 Å². The summed E-state index contributed by atoms with van der Waals surface area (Å²) in [5.41, 5.74) is 7.53. The van der Waals surface area contributed by atoms with Gasteiger partial charge in [-0.3, -0.25) is 14.4 Å². The van der Waals surface area contributed by atoms with Crippen molar-refractivity contribution < 1.29 is 14.4 Å².